The lowest BCUT2D eigenvalue weighted by atomic mass is 9.94. The van der Waals surface area contributed by atoms with E-state index in [4.69, 9.17) is 10.5 Å². The molecular weight excluding hydrogens is 190 g/mol. The van der Waals surface area contributed by atoms with E-state index >= 15 is 0 Å². The van der Waals surface area contributed by atoms with Crippen molar-refractivity contribution < 1.29 is 4.74 Å². The molecule has 2 atom stereocenters. The Labute approximate surface area is 92.4 Å². The van der Waals surface area contributed by atoms with Gasteiger partial charge in [-0.05, 0) is 20.4 Å². The molecule has 0 aromatic carbocycles. The molecule has 2 unspecified atom stereocenters. The Kier molecular flexibility index (Phi) is 3.30. The fourth-order valence-corrected chi connectivity index (χ4v) is 2.62. The molecule has 2 aliphatic heterocycles. The van der Waals surface area contributed by atoms with Gasteiger partial charge in [0.1, 0.15) is 0 Å². The summed E-state index contributed by atoms with van der Waals surface area (Å²) in [4.78, 5) is 4.96. The van der Waals surface area contributed by atoms with Crippen LogP contribution in [0.15, 0.2) is 0 Å². The third-order valence-corrected chi connectivity index (χ3v) is 4.09. The molecule has 0 radical (unpaired) electrons. The summed E-state index contributed by atoms with van der Waals surface area (Å²) in [6.07, 6.45) is 1.10. The molecular formula is C11H23N3O. The summed E-state index contributed by atoms with van der Waals surface area (Å²) in [6.45, 7) is 8.09. The first-order chi connectivity index (χ1) is 7.18. The number of hydrogen-bond donors (Lipinski definition) is 1. The molecule has 4 heteroatoms. The first-order valence-corrected chi connectivity index (χ1v) is 5.91. The summed E-state index contributed by atoms with van der Waals surface area (Å²) < 4.78 is 5.53. The number of rotatable bonds is 2. The topological polar surface area (TPSA) is 41.7 Å². The average molecular weight is 213 g/mol. The number of hydrogen-bond acceptors (Lipinski definition) is 4. The van der Waals surface area contributed by atoms with E-state index in [1.165, 1.54) is 0 Å². The van der Waals surface area contributed by atoms with Crippen LogP contribution in [0, 0.1) is 0 Å². The van der Waals surface area contributed by atoms with Gasteiger partial charge in [0.25, 0.3) is 0 Å². The second-order valence-electron chi connectivity index (χ2n) is 5.01. The van der Waals surface area contributed by atoms with Crippen LogP contribution in [0.3, 0.4) is 0 Å². The second kappa shape index (κ2) is 4.37. The maximum atomic E-state index is 5.94. The van der Waals surface area contributed by atoms with Gasteiger partial charge in [0, 0.05) is 38.8 Å². The van der Waals surface area contributed by atoms with Crippen molar-refractivity contribution in [2.45, 2.75) is 24.9 Å². The van der Waals surface area contributed by atoms with Crippen molar-refractivity contribution in [1.29, 1.82) is 0 Å². The van der Waals surface area contributed by atoms with E-state index in [9.17, 15) is 0 Å². The van der Waals surface area contributed by atoms with Gasteiger partial charge in [0.2, 0.25) is 0 Å². The Bertz CT molecular complexity index is 216. The average Bonchev–Trinajstić information content (AvgIpc) is 2.72. The van der Waals surface area contributed by atoms with Crippen LogP contribution in [-0.4, -0.2) is 67.8 Å². The van der Waals surface area contributed by atoms with Gasteiger partial charge in [0.05, 0.1) is 12.1 Å². The van der Waals surface area contributed by atoms with E-state index in [2.05, 4.69) is 23.8 Å². The van der Waals surface area contributed by atoms with Crippen LogP contribution in [0.2, 0.25) is 0 Å². The SMILES string of the molecule is CC1CN(C2(CN)CCOC2)CCN1C. The quantitative estimate of drug-likeness (QED) is 0.686. The first kappa shape index (κ1) is 11.3. The standard InChI is InChI=1S/C11H23N3O/c1-10-7-14(5-4-13(10)2)11(8-12)3-6-15-9-11/h10H,3-9,12H2,1-2H3. The summed E-state index contributed by atoms with van der Waals surface area (Å²) >= 11 is 0. The summed E-state index contributed by atoms with van der Waals surface area (Å²) in [5, 5.41) is 0. The third kappa shape index (κ3) is 2.04. The monoisotopic (exact) mass is 213 g/mol. The van der Waals surface area contributed by atoms with Crippen LogP contribution in [0.5, 0.6) is 0 Å². The van der Waals surface area contributed by atoms with Crippen LogP contribution < -0.4 is 5.73 Å². The highest BCUT2D eigenvalue weighted by molar-refractivity contribution is 4.97. The van der Waals surface area contributed by atoms with E-state index in [1.807, 2.05) is 0 Å². The van der Waals surface area contributed by atoms with Gasteiger partial charge in [-0.25, -0.2) is 0 Å². The van der Waals surface area contributed by atoms with Gasteiger partial charge in [-0.2, -0.15) is 0 Å². The lowest BCUT2D eigenvalue weighted by Gasteiger charge is -2.46. The predicted molar refractivity (Wildman–Crippen MR) is 60.9 cm³/mol. The van der Waals surface area contributed by atoms with Crippen molar-refractivity contribution in [3.8, 4) is 0 Å². The highest BCUT2D eigenvalue weighted by atomic mass is 16.5. The molecule has 2 rings (SSSR count). The lowest BCUT2D eigenvalue weighted by Crippen LogP contribution is -2.62. The Morgan fingerprint density at radius 1 is 1.47 bits per heavy atom. The smallest absolute Gasteiger partial charge is 0.0663 e. The van der Waals surface area contributed by atoms with Crippen molar-refractivity contribution in [1.82, 2.24) is 9.80 Å². The maximum Gasteiger partial charge on any atom is 0.0663 e. The minimum Gasteiger partial charge on any atom is -0.379 e. The third-order valence-electron chi connectivity index (χ3n) is 4.09. The number of likely N-dealkylation sites (N-methyl/N-ethyl adjacent to an activating group) is 1. The molecule has 88 valence electrons. The van der Waals surface area contributed by atoms with Crippen molar-refractivity contribution in [2.75, 3.05) is 46.4 Å². The summed E-state index contributed by atoms with van der Waals surface area (Å²) in [5.74, 6) is 0. The van der Waals surface area contributed by atoms with Crippen LogP contribution in [0.4, 0.5) is 0 Å². The minimum atomic E-state index is 0.134. The van der Waals surface area contributed by atoms with E-state index in [0.29, 0.717) is 6.04 Å². The fraction of sp³-hybridized carbons (Fsp3) is 1.00. The van der Waals surface area contributed by atoms with Gasteiger partial charge >= 0.3 is 0 Å². The molecule has 0 amide bonds. The van der Waals surface area contributed by atoms with Crippen LogP contribution in [0.1, 0.15) is 13.3 Å². The summed E-state index contributed by atoms with van der Waals surface area (Å²) in [5.41, 5.74) is 6.08. The van der Waals surface area contributed by atoms with Gasteiger partial charge in [-0.15, -0.1) is 0 Å². The molecule has 2 heterocycles. The Balaban J connectivity index is 2.03. The van der Waals surface area contributed by atoms with Gasteiger partial charge in [0.15, 0.2) is 0 Å². The molecule has 15 heavy (non-hydrogen) atoms. The highest BCUT2D eigenvalue weighted by Crippen LogP contribution is 2.27. The van der Waals surface area contributed by atoms with Gasteiger partial charge in [-0.3, -0.25) is 4.90 Å². The molecule has 0 aromatic rings. The zero-order chi connectivity index (χ0) is 10.9. The number of ether oxygens (including phenoxy) is 1. The molecule has 0 spiro atoms. The van der Waals surface area contributed by atoms with Crippen molar-refractivity contribution in [2.24, 2.45) is 5.73 Å². The van der Waals surface area contributed by atoms with E-state index in [0.717, 1.165) is 45.8 Å². The van der Waals surface area contributed by atoms with Crippen molar-refractivity contribution in [3.05, 3.63) is 0 Å². The van der Waals surface area contributed by atoms with Gasteiger partial charge in [-0.1, -0.05) is 0 Å². The Morgan fingerprint density at radius 3 is 2.80 bits per heavy atom. The van der Waals surface area contributed by atoms with Crippen LogP contribution >= 0.6 is 0 Å². The van der Waals surface area contributed by atoms with E-state index in [-0.39, 0.29) is 5.54 Å². The molecule has 0 saturated carbocycles. The van der Waals surface area contributed by atoms with E-state index in [1.54, 1.807) is 0 Å². The molecule has 2 fully saturated rings. The lowest BCUT2D eigenvalue weighted by molar-refractivity contribution is 0.0117. The summed E-state index contributed by atoms with van der Waals surface area (Å²) in [7, 11) is 2.20. The first-order valence-electron chi connectivity index (χ1n) is 5.91. The minimum absolute atomic E-state index is 0.134. The maximum absolute atomic E-state index is 5.94. The normalized spacial score (nSPS) is 39.8. The zero-order valence-electron chi connectivity index (χ0n) is 9.91. The largest absolute Gasteiger partial charge is 0.379 e. The number of nitrogens with zero attached hydrogens (tertiary/aromatic N) is 2. The molecule has 2 aliphatic rings. The molecule has 0 aromatic heterocycles. The van der Waals surface area contributed by atoms with Crippen LogP contribution in [0.25, 0.3) is 0 Å². The number of nitrogens with two attached hydrogens (primary N) is 1. The molecule has 2 N–H and O–H groups in total. The molecule has 4 nitrogen and oxygen atoms in total. The highest BCUT2D eigenvalue weighted by Gasteiger charge is 2.41. The predicted octanol–water partition coefficient (Wildman–Crippen LogP) is -0.260. The number of piperazine rings is 1. The molecule has 2 saturated heterocycles. The fourth-order valence-electron chi connectivity index (χ4n) is 2.62. The van der Waals surface area contributed by atoms with Crippen molar-refractivity contribution >= 4 is 0 Å². The van der Waals surface area contributed by atoms with E-state index < -0.39 is 0 Å². The second-order valence-corrected chi connectivity index (χ2v) is 5.01. The molecule has 0 aliphatic carbocycles. The van der Waals surface area contributed by atoms with Crippen molar-refractivity contribution in [3.63, 3.8) is 0 Å². The molecule has 0 bridgehead atoms. The summed E-state index contributed by atoms with van der Waals surface area (Å²) in [6, 6.07) is 0.628. The zero-order valence-corrected chi connectivity index (χ0v) is 9.91. The van der Waals surface area contributed by atoms with Gasteiger partial charge < -0.3 is 15.4 Å². The Hall–Kier alpha value is -0.160. The van der Waals surface area contributed by atoms with Crippen LogP contribution in [-0.2, 0) is 4.74 Å². The Morgan fingerprint density at radius 2 is 2.27 bits per heavy atom.